The SMILES string of the molecule is C#CB1C=CC=CN1[Si](C)(C)C(C)(C)C. The monoisotopic (exact) mass is 217 g/mol. The van der Waals surface area contributed by atoms with E-state index in [1.807, 2.05) is 6.08 Å². The first-order valence-corrected chi connectivity index (χ1v) is 8.35. The second-order valence-corrected chi connectivity index (χ2v) is 10.7. The summed E-state index contributed by atoms with van der Waals surface area (Å²) in [5.74, 6) is 4.95. The van der Waals surface area contributed by atoms with Crippen molar-refractivity contribution in [3.05, 3.63) is 24.3 Å². The van der Waals surface area contributed by atoms with Crippen molar-refractivity contribution < 1.29 is 0 Å². The molecule has 1 aliphatic rings. The van der Waals surface area contributed by atoms with Crippen LogP contribution in [-0.4, -0.2) is 19.6 Å². The Kier molecular flexibility index (Phi) is 3.20. The maximum atomic E-state index is 5.58. The second kappa shape index (κ2) is 3.94. The van der Waals surface area contributed by atoms with Crippen LogP contribution in [0, 0.1) is 12.2 Å². The minimum Gasteiger partial charge on any atom is -0.434 e. The summed E-state index contributed by atoms with van der Waals surface area (Å²) in [5.41, 5.74) is 0. The van der Waals surface area contributed by atoms with Gasteiger partial charge >= 0.3 is 6.85 Å². The van der Waals surface area contributed by atoms with Gasteiger partial charge in [0.25, 0.3) is 0 Å². The van der Waals surface area contributed by atoms with Gasteiger partial charge in [-0.15, -0.1) is 12.2 Å². The van der Waals surface area contributed by atoms with Gasteiger partial charge in [-0.3, -0.25) is 0 Å². The quantitative estimate of drug-likeness (QED) is 0.482. The fourth-order valence-electron chi connectivity index (χ4n) is 1.55. The lowest BCUT2D eigenvalue weighted by atomic mass is 9.63. The van der Waals surface area contributed by atoms with Gasteiger partial charge in [0, 0.05) is 0 Å². The van der Waals surface area contributed by atoms with Crippen molar-refractivity contribution in [1.82, 2.24) is 4.48 Å². The van der Waals surface area contributed by atoms with Crippen LogP contribution in [0.3, 0.4) is 0 Å². The highest BCUT2D eigenvalue weighted by molar-refractivity contribution is 6.90. The van der Waals surface area contributed by atoms with Gasteiger partial charge in [0.1, 0.15) is 8.24 Å². The van der Waals surface area contributed by atoms with Crippen LogP contribution in [0.5, 0.6) is 0 Å². The molecule has 1 rings (SSSR count). The lowest BCUT2D eigenvalue weighted by molar-refractivity contribution is 0.654. The third kappa shape index (κ3) is 2.21. The summed E-state index contributed by atoms with van der Waals surface area (Å²) in [6.45, 7) is 11.8. The number of allylic oxidation sites excluding steroid dienone is 2. The lowest BCUT2D eigenvalue weighted by Gasteiger charge is -2.47. The zero-order valence-electron chi connectivity index (χ0n) is 10.4. The molecule has 0 saturated carbocycles. The van der Waals surface area contributed by atoms with Gasteiger partial charge in [-0.05, 0) is 17.3 Å². The van der Waals surface area contributed by atoms with Crippen molar-refractivity contribution in [2.45, 2.75) is 38.9 Å². The Morgan fingerprint density at radius 1 is 1.27 bits per heavy atom. The Morgan fingerprint density at radius 2 is 1.87 bits per heavy atom. The molecule has 0 aromatic carbocycles. The largest absolute Gasteiger partial charge is 0.434 e. The molecule has 0 atom stereocenters. The first-order chi connectivity index (χ1) is 6.80. The van der Waals surface area contributed by atoms with Gasteiger partial charge < -0.3 is 4.48 Å². The van der Waals surface area contributed by atoms with Crippen LogP contribution in [0.2, 0.25) is 18.1 Å². The molecule has 0 fully saturated rings. The Balaban J connectivity index is 3.02. The molecule has 0 aromatic rings. The Morgan fingerprint density at radius 3 is 2.33 bits per heavy atom. The zero-order valence-corrected chi connectivity index (χ0v) is 11.4. The summed E-state index contributed by atoms with van der Waals surface area (Å²) >= 11 is 0. The molecule has 80 valence electrons. The first-order valence-electron chi connectivity index (χ1n) is 5.40. The normalized spacial score (nSPS) is 16.8. The molecule has 15 heavy (non-hydrogen) atoms. The van der Waals surface area contributed by atoms with Crippen LogP contribution in [0.25, 0.3) is 0 Å². The molecule has 0 aliphatic carbocycles. The van der Waals surface area contributed by atoms with Crippen molar-refractivity contribution in [2.24, 2.45) is 0 Å². The highest BCUT2D eigenvalue weighted by Gasteiger charge is 2.43. The van der Waals surface area contributed by atoms with E-state index in [0.717, 1.165) is 0 Å². The molecule has 0 N–H and O–H groups in total. The Bertz CT molecular complexity index is 331. The van der Waals surface area contributed by atoms with Gasteiger partial charge in [-0.2, -0.15) is 0 Å². The van der Waals surface area contributed by atoms with Crippen molar-refractivity contribution in [3.63, 3.8) is 0 Å². The van der Waals surface area contributed by atoms with Crippen LogP contribution in [0.1, 0.15) is 20.8 Å². The standard InChI is InChI=1S/C12H20BNSi/c1-7-13-10-8-9-11-14(13)15(5,6)12(2,3)4/h1,8-11H,2-6H3. The van der Waals surface area contributed by atoms with Gasteiger partial charge in [0.05, 0.1) is 0 Å². The molecule has 3 heteroatoms. The molecule has 0 unspecified atom stereocenters. The first kappa shape index (κ1) is 12.2. The zero-order chi connectivity index (χ0) is 11.7. The van der Waals surface area contributed by atoms with E-state index in [0.29, 0.717) is 5.04 Å². The average molecular weight is 217 g/mol. The summed E-state index contributed by atoms with van der Waals surface area (Å²) in [5, 5.41) is 0.317. The summed E-state index contributed by atoms with van der Waals surface area (Å²) < 4.78 is 2.40. The number of hydrogen-bond donors (Lipinski definition) is 0. The minimum atomic E-state index is -1.54. The van der Waals surface area contributed by atoms with Gasteiger partial charge in [-0.1, -0.05) is 45.9 Å². The van der Waals surface area contributed by atoms with E-state index in [1.54, 1.807) is 0 Å². The summed E-state index contributed by atoms with van der Waals surface area (Å²) in [4.78, 5) is 0. The summed E-state index contributed by atoms with van der Waals surface area (Å²) in [7, 11) is -1.54. The molecule has 0 amide bonds. The number of hydrogen-bond acceptors (Lipinski definition) is 1. The molecule has 0 aromatic heterocycles. The van der Waals surface area contributed by atoms with E-state index < -0.39 is 8.24 Å². The van der Waals surface area contributed by atoms with Crippen LogP contribution in [-0.2, 0) is 0 Å². The third-order valence-electron chi connectivity index (χ3n) is 3.60. The predicted molar refractivity (Wildman–Crippen MR) is 71.9 cm³/mol. The number of terminal acetylenes is 1. The smallest absolute Gasteiger partial charge is 0.359 e. The maximum Gasteiger partial charge on any atom is 0.359 e. The van der Waals surface area contributed by atoms with Crippen LogP contribution < -0.4 is 0 Å². The van der Waals surface area contributed by atoms with Crippen molar-refractivity contribution >= 4 is 15.1 Å². The molecule has 0 bridgehead atoms. The number of rotatable bonds is 1. The molecular weight excluding hydrogens is 197 g/mol. The molecule has 1 nitrogen and oxygen atoms in total. The van der Waals surface area contributed by atoms with E-state index in [1.165, 1.54) is 0 Å². The fraction of sp³-hybridized carbons (Fsp3) is 0.500. The van der Waals surface area contributed by atoms with E-state index in [-0.39, 0.29) is 6.85 Å². The van der Waals surface area contributed by atoms with E-state index in [2.05, 4.69) is 62.4 Å². The molecule has 0 saturated heterocycles. The second-order valence-electron chi connectivity index (χ2n) is 5.55. The van der Waals surface area contributed by atoms with Crippen molar-refractivity contribution in [2.75, 3.05) is 0 Å². The predicted octanol–water partition coefficient (Wildman–Crippen LogP) is 3.08. The average Bonchev–Trinajstić information content (AvgIpc) is 2.16. The molecule has 0 spiro atoms. The maximum absolute atomic E-state index is 5.58. The topological polar surface area (TPSA) is 3.24 Å². The summed E-state index contributed by atoms with van der Waals surface area (Å²) in [6, 6.07) is 0. The van der Waals surface area contributed by atoms with Crippen LogP contribution >= 0.6 is 0 Å². The molecular formula is C12H20BNSi. The molecule has 1 aliphatic heterocycles. The van der Waals surface area contributed by atoms with Crippen molar-refractivity contribution in [1.29, 1.82) is 0 Å². The molecule has 1 heterocycles. The van der Waals surface area contributed by atoms with E-state index in [9.17, 15) is 0 Å². The van der Waals surface area contributed by atoms with Crippen LogP contribution in [0.15, 0.2) is 24.3 Å². The van der Waals surface area contributed by atoms with Crippen molar-refractivity contribution in [3.8, 4) is 12.2 Å². The van der Waals surface area contributed by atoms with Gasteiger partial charge in [-0.25, -0.2) is 0 Å². The van der Waals surface area contributed by atoms with E-state index in [4.69, 9.17) is 6.42 Å². The minimum absolute atomic E-state index is 0.135. The highest BCUT2D eigenvalue weighted by Crippen LogP contribution is 2.39. The lowest BCUT2D eigenvalue weighted by Crippen LogP contribution is -2.58. The van der Waals surface area contributed by atoms with E-state index >= 15 is 0 Å². The Labute approximate surface area is 95.4 Å². The summed E-state index contributed by atoms with van der Waals surface area (Å²) in [6.07, 6.45) is 11.8. The Hall–Kier alpha value is -0.878. The molecule has 0 radical (unpaired) electrons. The fourth-order valence-corrected chi connectivity index (χ4v) is 3.64. The highest BCUT2D eigenvalue weighted by atomic mass is 28.3. The van der Waals surface area contributed by atoms with Crippen LogP contribution in [0.4, 0.5) is 0 Å². The number of nitrogens with zero attached hydrogens (tertiary/aromatic N) is 1. The van der Waals surface area contributed by atoms with Gasteiger partial charge in [0.15, 0.2) is 0 Å². The third-order valence-corrected chi connectivity index (χ3v) is 8.99. The van der Waals surface area contributed by atoms with Gasteiger partial charge in [0.2, 0.25) is 0 Å².